The second-order valence-electron chi connectivity index (χ2n) is 4.12. The average molecular weight is 218 g/mol. The van der Waals surface area contributed by atoms with Crippen molar-refractivity contribution < 1.29 is 14.4 Å². The molecule has 2 heterocycles. The van der Waals surface area contributed by atoms with Crippen molar-refractivity contribution in [2.45, 2.75) is 25.7 Å². The number of carbonyl (C=O) groups is 1. The third-order valence-electron chi connectivity index (χ3n) is 2.86. The Bertz CT molecular complexity index is 584. The minimum atomic E-state index is -0.958. The molecule has 82 valence electrons. The molecule has 0 aliphatic heterocycles. The Morgan fingerprint density at radius 1 is 1.56 bits per heavy atom. The summed E-state index contributed by atoms with van der Waals surface area (Å²) in [6, 6.07) is 1.65. The molecule has 1 fully saturated rings. The van der Waals surface area contributed by atoms with Gasteiger partial charge in [-0.2, -0.15) is 0 Å². The zero-order chi connectivity index (χ0) is 11.3. The number of rotatable bonds is 2. The number of fused-ring (bicyclic) bond motifs is 1. The second kappa shape index (κ2) is 3.04. The van der Waals surface area contributed by atoms with Crippen LogP contribution in [0.5, 0.6) is 0 Å². The van der Waals surface area contributed by atoms with Crippen molar-refractivity contribution in [1.29, 1.82) is 0 Å². The summed E-state index contributed by atoms with van der Waals surface area (Å²) in [6.45, 7) is 1.72. The molecule has 0 radical (unpaired) electrons. The zero-order valence-electron chi connectivity index (χ0n) is 8.73. The summed E-state index contributed by atoms with van der Waals surface area (Å²) in [5.74, 6) is -0.562. The van der Waals surface area contributed by atoms with E-state index in [1.807, 2.05) is 0 Å². The molecule has 0 spiro atoms. The van der Waals surface area contributed by atoms with Crippen molar-refractivity contribution >= 4 is 17.1 Å². The highest BCUT2D eigenvalue weighted by Crippen LogP contribution is 2.40. The lowest BCUT2D eigenvalue weighted by atomic mass is 10.1. The maximum Gasteiger partial charge on any atom is 0.336 e. The fourth-order valence-corrected chi connectivity index (χ4v) is 1.87. The molecular weight excluding hydrogens is 208 g/mol. The van der Waals surface area contributed by atoms with E-state index in [9.17, 15) is 4.79 Å². The molecule has 1 aliphatic rings. The number of hydrogen-bond donors (Lipinski definition) is 1. The predicted molar refractivity (Wildman–Crippen MR) is 55.5 cm³/mol. The molecule has 0 aromatic carbocycles. The van der Waals surface area contributed by atoms with Crippen LogP contribution < -0.4 is 0 Å². The van der Waals surface area contributed by atoms with Gasteiger partial charge in [-0.15, -0.1) is 0 Å². The van der Waals surface area contributed by atoms with E-state index in [1.165, 1.54) is 0 Å². The first kappa shape index (κ1) is 9.33. The molecule has 1 saturated carbocycles. The van der Waals surface area contributed by atoms with E-state index >= 15 is 0 Å². The monoisotopic (exact) mass is 218 g/mol. The van der Waals surface area contributed by atoms with Gasteiger partial charge in [-0.1, -0.05) is 5.16 Å². The Hall–Kier alpha value is -1.91. The van der Waals surface area contributed by atoms with E-state index in [2.05, 4.69) is 10.1 Å². The number of nitrogens with zero attached hydrogens (tertiary/aromatic N) is 2. The summed E-state index contributed by atoms with van der Waals surface area (Å²) in [7, 11) is 0. The van der Waals surface area contributed by atoms with Gasteiger partial charge in [0, 0.05) is 11.6 Å². The number of hydrogen-bond acceptors (Lipinski definition) is 4. The smallest absolute Gasteiger partial charge is 0.336 e. The second-order valence-corrected chi connectivity index (χ2v) is 4.12. The van der Waals surface area contributed by atoms with E-state index in [1.54, 1.807) is 13.0 Å². The van der Waals surface area contributed by atoms with E-state index in [-0.39, 0.29) is 5.56 Å². The van der Waals surface area contributed by atoms with Crippen molar-refractivity contribution in [3.63, 3.8) is 0 Å². The van der Waals surface area contributed by atoms with Gasteiger partial charge >= 0.3 is 5.97 Å². The van der Waals surface area contributed by atoms with Gasteiger partial charge in [0.1, 0.15) is 0 Å². The van der Waals surface area contributed by atoms with Gasteiger partial charge in [-0.3, -0.25) is 0 Å². The minimum Gasteiger partial charge on any atom is -0.478 e. The Balaban J connectivity index is 2.32. The number of carboxylic acids is 1. The van der Waals surface area contributed by atoms with Crippen molar-refractivity contribution in [2.24, 2.45) is 0 Å². The molecule has 0 saturated heterocycles. The van der Waals surface area contributed by atoms with Crippen molar-refractivity contribution in [2.75, 3.05) is 0 Å². The molecule has 5 heteroatoms. The number of pyridine rings is 1. The van der Waals surface area contributed by atoms with Crippen molar-refractivity contribution in [3.05, 3.63) is 23.0 Å². The van der Waals surface area contributed by atoms with Crippen LogP contribution in [-0.4, -0.2) is 21.2 Å². The molecule has 0 bridgehead atoms. The van der Waals surface area contributed by atoms with Crippen LogP contribution in [0.3, 0.4) is 0 Å². The van der Waals surface area contributed by atoms with Gasteiger partial charge in [-0.05, 0) is 25.8 Å². The van der Waals surface area contributed by atoms with Gasteiger partial charge in [0.25, 0.3) is 5.71 Å². The normalized spacial score (nSPS) is 15.6. The summed E-state index contributed by atoms with van der Waals surface area (Å²) in [5, 5.41) is 13.4. The van der Waals surface area contributed by atoms with Crippen LogP contribution >= 0.6 is 0 Å². The third-order valence-corrected chi connectivity index (χ3v) is 2.86. The summed E-state index contributed by atoms with van der Waals surface area (Å²) >= 11 is 0. The molecule has 5 nitrogen and oxygen atoms in total. The predicted octanol–water partition coefficient (Wildman–Crippen LogP) is 2.11. The van der Waals surface area contributed by atoms with Gasteiger partial charge in [0.15, 0.2) is 0 Å². The van der Waals surface area contributed by atoms with Crippen molar-refractivity contribution in [3.8, 4) is 0 Å². The highest BCUT2D eigenvalue weighted by atomic mass is 16.5. The van der Waals surface area contributed by atoms with Crippen LogP contribution in [0.1, 0.15) is 40.5 Å². The summed E-state index contributed by atoms with van der Waals surface area (Å²) < 4.78 is 5.03. The largest absolute Gasteiger partial charge is 0.478 e. The Morgan fingerprint density at radius 3 is 2.94 bits per heavy atom. The number of carboxylic acid groups (broad SMARTS) is 1. The fourth-order valence-electron chi connectivity index (χ4n) is 1.87. The highest BCUT2D eigenvalue weighted by molar-refractivity contribution is 6.02. The van der Waals surface area contributed by atoms with E-state index < -0.39 is 5.97 Å². The highest BCUT2D eigenvalue weighted by Gasteiger charge is 2.28. The molecule has 3 rings (SSSR count). The first-order valence-electron chi connectivity index (χ1n) is 5.17. The molecule has 1 aliphatic carbocycles. The summed E-state index contributed by atoms with van der Waals surface area (Å²) in [4.78, 5) is 15.5. The lowest BCUT2D eigenvalue weighted by molar-refractivity contribution is 0.0698. The number of aromatic nitrogens is 2. The lowest BCUT2D eigenvalue weighted by Crippen LogP contribution is -2.01. The topological polar surface area (TPSA) is 76.2 Å². The fraction of sp³-hybridized carbons (Fsp3) is 0.364. The number of aryl methyl sites for hydroxylation is 1. The zero-order valence-corrected chi connectivity index (χ0v) is 8.73. The number of aromatic carboxylic acids is 1. The third kappa shape index (κ3) is 1.28. The Labute approximate surface area is 91.1 Å². The maximum atomic E-state index is 11.2. The molecular formula is C11H10N2O3. The quantitative estimate of drug-likeness (QED) is 0.835. The van der Waals surface area contributed by atoms with Gasteiger partial charge in [-0.25, -0.2) is 9.78 Å². The first-order valence-corrected chi connectivity index (χ1v) is 5.17. The molecule has 1 N–H and O–H groups in total. The van der Waals surface area contributed by atoms with Crippen LogP contribution in [0.4, 0.5) is 0 Å². The minimum absolute atomic E-state index is 0.241. The lowest BCUT2D eigenvalue weighted by Gasteiger charge is -2.00. The standard InChI is InChI=1S/C11H10N2O3/c1-5-9-7(11(14)15)4-8(6-2-3-6)12-10(9)16-13-5/h4,6H,2-3H2,1H3,(H,14,15). The molecule has 0 atom stereocenters. The van der Waals surface area contributed by atoms with E-state index in [4.69, 9.17) is 9.63 Å². The first-order chi connectivity index (χ1) is 7.66. The maximum absolute atomic E-state index is 11.2. The molecule has 16 heavy (non-hydrogen) atoms. The summed E-state index contributed by atoms with van der Waals surface area (Å²) in [5.41, 5.74) is 1.95. The van der Waals surface area contributed by atoms with Crippen LogP contribution in [0.15, 0.2) is 10.6 Å². The van der Waals surface area contributed by atoms with E-state index in [0.717, 1.165) is 18.5 Å². The SMILES string of the molecule is Cc1noc2nc(C3CC3)cc(C(=O)O)c12. The van der Waals surface area contributed by atoms with E-state index in [0.29, 0.717) is 22.7 Å². The van der Waals surface area contributed by atoms with Gasteiger partial charge in [0.05, 0.1) is 16.6 Å². The van der Waals surface area contributed by atoms with Crippen LogP contribution in [0.25, 0.3) is 11.1 Å². The average Bonchev–Trinajstić information content (AvgIpc) is 3.03. The van der Waals surface area contributed by atoms with Crippen LogP contribution in [0.2, 0.25) is 0 Å². The van der Waals surface area contributed by atoms with Crippen LogP contribution in [0, 0.1) is 6.92 Å². The molecule has 2 aromatic heterocycles. The molecule has 2 aromatic rings. The van der Waals surface area contributed by atoms with Crippen molar-refractivity contribution in [1.82, 2.24) is 10.1 Å². The van der Waals surface area contributed by atoms with Gasteiger partial charge < -0.3 is 9.63 Å². The summed E-state index contributed by atoms with van der Waals surface area (Å²) in [6.07, 6.45) is 2.15. The van der Waals surface area contributed by atoms with Crippen LogP contribution in [-0.2, 0) is 0 Å². The molecule has 0 unspecified atom stereocenters. The molecule has 0 amide bonds. The Kier molecular flexibility index (Phi) is 1.77. The Morgan fingerprint density at radius 2 is 2.31 bits per heavy atom. The van der Waals surface area contributed by atoms with Gasteiger partial charge in [0.2, 0.25) is 0 Å².